The summed E-state index contributed by atoms with van der Waals surface area (Å²) in [6.07, 6.45) is 3.43. The van der Waals surface area contributed by atoms with Gasteiger partial charge in [-0.3, -0.25) is 4.68 Å². The predicted molar refractivity (Wildman–Crippen MR) is 73.1 cm³/mol. The van der Waals surface area contributed by atoms with Crippen molar-refractivity contribution in [2.45, 2.75) is 53.0 Å². The number of aromatic nitrogens is 2. The summed E-state index contributed by atoms with van der Waals surface area (Å²) in [7, 11) is 2.05. The van der Waals surface area contributed by atoms with Crippen LogP contribution in [0.25, 0.3) is 0 Å². The Bertz CT molecular complexity index is 330. The standard InChI is InChI=1S/C14H27N3/c1-6-11(4)9-13(15-8-3)14-10-12(7-2)16-17(14)5/h10-11,13,15H,6-9H2,1-5H3. The van der Waals surface area contributed by atoms with Crippen LogP contribution in [0.4, 0.5) is 0 Å². The van der Waals surface area contributed by atoms with E-state index >= 15 is 0 Å². The second-order valence-electron chi connectivity index (χ2n) is 4.90. The Hall–Kier alpha value is -0.830. The molecule has 0 amide bonds. The summed E-state index contributed by atoms with van der Waals surface area (Å²) in [6.45, 7) is 9.91. The summed E-state index contributed by atoms with van der Waals surface area (Å²) in [5, 5.41) is 8.12. The zero-order valence-corrected chi connectivity index (χ0v) is 12.0. The van der Waals surface area contributed by atoms with Crippen molar-refractivity contribution in [3.05, 3.63) is 17.5 Å². The number of rotatable bonds is 7. The molecule has 0 saturated carbocycles. The lowest BCUT2D eigenvalue weighted by Crippen LogP contribution is -2.25. The van der Waals surface area contributed by atoms with E-state index in [2.05, 4.69) is 51.2 Å². The molecule has 0 fully saturated rings. The van der Waals surface area contributed by atoms with Gasteiger partial charge in [-0.05, 0) is 31.4 Å². The van der Waals surface area contributed by atoms with Gasteiger partial charge in [0.2, 0.25) is 0 Å². The average Bonchev–Trinajstić information content (AvgIpc) is 2.69. The van der Waals surface area contributed by atoms with Crippen LogP contribution in [-0.4, -0.2) is 16.3 Å². The lowest BCUT2D eigenvalue weighted by atomic mass is 9.97. The van der Waals surface area contributed by atoms with Crippen molar-refractivity contribution >= 4 is 0 Å². The Morgan fingerprint density at radius 3 is 2.53 bits per heavy atom. The molecule has 0 bridgehead atoms. The molecule has 3 nitrogen and oxygen atoms in total. The summed E-state index contributed by atoms with van der Waals surface area (Å²) in [4.78, 5) is 0. The van der Waals surface area contributed by atoms with Crippen LogP contribution in [0.2, 0.25) is 0 Å². The third-order valence-electron chi connectivity index (χ3n) is 3.47. The van der Waals surface area contributed by atoms with Gasteiger partial charge in [0.05, 0.1) is 11.4 Å². The van der Waals surface area contributed by atoms with Crippen LogP contribution in [0.5, 0.6) is 0 Å². The first-order chi connectivity index (χ1) is 8.12. The van der Waals surface area contributed by atoms with Gasteiger partial charge in [-0.1, -0.05) is 34.1 Å². The lowest BCUT2D eigenvalue weighted by Gasteiger charge is -2.21. The van der Waals surface area contributed by atoms with Crippen LogP contribution in [0.15, 0.2) is 6.07 Å². The Kier molecular flexibility index (Phi) is 5.69. The highest BCUT2D eigenvalue weighted by molar-refractivity contribution is 5.14. The van der Waals surface area contributed by atoms with Crippen LogP contribution >= 0.6 is 0 Å². The molecular weight excluding hydrogens is 210 g/mol. The molecule has 0 aliphatic carbocycles. The van der Waals surface area contributed by atoms with Crippen LogP contribution in [0, 0.1) is 5.92 Å². The maximum Gasteiger partial charge on any atom is 0.0625 e. The minimum atomic E-state index is 0.438. The molecule has 1 rings (SSSR count). The van der Waals surface area contributed by atoms with Gasteiger partial charge in [0.1, 0.15) is 0 Å². The predicted octanol–water partition coefficient (Wildman–Crippen LogP) is 3.07. The first-order valence-electron chi connectivity index (χ1n) is 6.88. The lowest BCUT2D eigenvalue weighted by molar-refractivity contribution is 0.392. The average molecular weight is 237 g/mol. The van der Waals surface area contributed by atoms with Crippen LogP contribution in [0.3, 0.4) is 0 Å². The number of aryl methyl sites for hydroxylation is 2. The topological polar surface area (TPSA) is 29.9 Å². The zero-order valence-electron chi connectivity index (χ0n) is 12.0. The molecule has 98 valence electrons. The van der Waals surface area contributed by atoms with Crippen LogP contribution in [0.1, 0.15) is 58.0 Å². The second-order valence-corrected chi connectivity index (χ2v) is 4.90. The van der Waals surface area contributed by atoms with Gasteiger partial charge in [0.15, 0.2) is 0 Å². The van der Waals surface area contributed by atoms with E-state index in [4.69, 9.17) is 0 Å². The first-order valence-corrected chi connectivity index (χ1v) is 6.88. The fourth-order valence-electron chi connectivity index (χ4n) is 2.17. The van der Waals surface area contributed by atoms with E-state index in [0.29, 0.717) is 6.04 Å². The fraction of sp³-hybridized carbons (Fsp3) is 0.786. The van der Waals surface area contributed by atoms with E-state index in [1.54, 1.807) is 0 Å². The van der Waals surface area contributed by atoms with Crippen molar-refractivity contribution in [1.82, 2.24) is 15.1 Å². The van der Waals surface area contributed by atoms with Gasteiger partial charge < -0.3 is 5.32 Å². The molecule has 0 aliphatic heterocycles. The largest absolute Gasteiger partial charge is 0.309 e. The van der Waals surface area contributed by atoms with Crippen molar-refractivity contribution in [1.29, 1.82) is 0 Å². The smallest absolute Gasteiger partial charge is 0.0625 e. The summed E-state index contributed by atoms with van der Waals surface area (Å²) in [5.41, 5.74) is 2.51. The normalized spacial score (nSPS) is 14.9. The molecule has 1 aromatic heterocycles. The molecule has 17 heavy (non-hydrogen) atoms. The maximum atomic E-state index is 4.54. The molecule has 0 aliphatic rings. The van der Waals surface area contributed by atoms with Gasteiger partial charge in [0.25, 0.3) is 0 Å². The minimum absolute atomic E-state index is 0.438. The van der Waals surface area contributed by atoms with E-state index in [1.807, 2.05) is 4.68 Å². The fourth-order valence-corrected chi connectivity index (χ4v) is 2.17. The molecule has 2 atom stereocenters. The van der Waals surface area contributed by atoms with Crippen LogP contribution < -0.4 is 5.32 Å². The van der Waals surface area contributed by atoms with Gasteiger partial charge in [-0.2, -0.15) is 5.10 Å². The monoisotopic (exact) mass is 237 g/mol. The summed E-state index contributed by atoms with van der Waals surface area (Å²) < 4.78 is 2.04. The van der Waals surface area contributed by atoms with Crippen molar-refractivity contribution in [2.75, 3.05) is 6.54 Å². The maximum absolute atomic E-state index is 4.54. The summed E-state index contributed by atoms with van der Waals surface area (Å²) in [5.74, 6) is 0.749. The van der Waals surface area contributed by atoms with Crippen molar-refractivity contribution in [3.8, 4) is 0 Å². The number of hydrogen-bond acceptors (Lipinski definition) is 2. The summed E-state index contributed by atoms with van der Waals surface area (Å²) >= 11 is 0. The highest BCUT2D eigenvalue weighted by atomic mass is 15.3. The van der Waals surface area contributed by atoms with Crippen LogP contribution in [-0.2, 0) is 13.5 Å². The zero-order chi connectivity index (χ0) is 12.8. The van der Waals surface area contributed by atoms with E-state index < -0.39 is 0 Å². The van der Waals surface area contributed by atoms with Crippen molar-refractivity contribution < 1.29 is 0 Å². The van der Waals surface area contributed by atoms with E-state index in [1.165, 1.54) is 24.2 Å². The highest BCUT2D eigenvalue weighted by Crippen LogP contribution is 2.23. The molecule has 0 radical (unpaired) electrons. The first kappa shape index (κ1) is 14.2. The SMILES string of the molecule is CCNC(CC(C)CC)c1cc(CC)nn1C. The Labute approximate surface area is 106 Å². The molecular formula is C14H27N3. The quantitative estimate of drug-likeness (QED) is 0.790. The minimum Gasteiger partial charge on any atom is -0.309 e. The van der Waals surface area contributed by atoms with Crippen molar-refractivity contribution in [2.24, 2.45) is 13.0 Å². The third kappa shape index (κ3) is 3.84. The molecule has 3 heteroatoms. The Balaban J connectivity index is 2.84. The molecule has 1 heterocycles. The molecule has 0 spiro atoms. The second kappa shape index (κ2) is 6.80. The molecule has 2 unspecified atom stereocenters. The Morgan fingerprint density at radius 1 is 1.35 bits per heavy atom. The summed E-state index contributed by atoms with van der Waals surface area (Å²) in [6, 6.07) is 2.68. The van der Waals surface area contributed by atoms with Gasteiger partial charge in [0, 0.05) is 13.1 Å². The number of nitrogens with zero attached hydrogens (tertiary/aromatic N) is 2. The number of nitrogens with one attached hydrogen (secondary N) is 1. The van der Waals surface area contributed by atoms with E-state index in [-0.39, 0.29) is 0 Å². The van der Waals surface area contributed by atoms with E-state index in [0.717, 1.165) is 18.9 Å². The highest BCUT2D eigenvalue weighted by Gasteiger charge is 2.17. The van der Waals surface area contributed by atoms with Gasteiger partial charge in [-0.25, -0.2) is 0 Å². The third-order valence-corrected chi connectivity index (χ3v) is 3.47. The van der Waals surface area contributed by atoms with Gasteiger partial charge >= 0.3 is 0 Å². The molecule has 0 aromatic carbocycles. The van der Waals surface area contributed by atoms with Crippen molar-refractivity contribution in [3.63, 3.8) is 0 Å². The Morgan fingerprint density at radius 2 is 2.06 bits per heavy atom. The van der Waals surface area contributed by atoms with Gasteiger partial charge in [-0.15, -0.1) is 0 Å². The molecule has 0 saturated heterocycles. The molecule has 1 aromatic rings. The number of hydrogen-bond donors (Lipinski definition) is 1. The van der Waals surface area contributed by atoms with E-state index in [9.17, 15) is 0 Å². The molecule has 1 N–H and O–H groups in total.